The van der Waals surface area contributed by atoms with E-state index < -0.39 is 0 Å². The maximum Gasteiger partial charge on any atom is 0.305 e. The Balaban J connectivity index is 0.000000243. The number of fused-ring (bicyclic) bond motifs is 2. The second kappa shape index (κ2) is 13.4. The summed E-state index contributed by atoms with van der Waals surface area (Å²) in [7, 11) is 1.41. The Morgan fingerprint density at radius 3 is 2.18 bits per heavy atom. The molecule has 0 bridgehead atoms. The van der Waals surface area contributed by atoms with Crippen molar-refractivity contribution in [2.75, 3.05) is 7.11 Å². The van der Waals surface area contributed by atoms with Crippen LogP contribution in [0, 0.1) is 0 Å². The summed E-state index contributed by atoms with van der Waals surface area (Å²) in [4.78, 5) is 23.0. The van der Waals surface area contributed by atoms with Gasteiger partial charge in [0.25, 0.3) is 0 Å². The summed E-state index contributed by atoms with van der Waals surface area (Å²) in [6.07, 6.45) is 8.90. The van der Waals surface area contributed by atoms with Crippen LogP contribution < -0.4 is 11.1 Å². The minimum Gasteiger partial charge on any atom is -0.469 e. The van der Waals surface area contributed by atoms with Crippen LogP contribution >= 0.6 is 31.9 Å². The van der Waals surface area contributed by atoms with Gasteiger partial charge in [-0.3, -0.25) is 9.59 Å². The highest BCUT2D eigenvalue weighted by Gasteiger charge is 2.23. The van der Waals surface area contributed by atoms with E-state index in [0.717, 1.165) is 60.3 Å². The first-order chi connectivity index (χ1) is 16.4. The van der Waals surface area contributed by atoms with Gasteiger partial charge in [0.15, 0.2) is 0 Å². The van der Waals surface area contributed by atoms with Gasteiger partial charge in [0.2, 0.25) is 5.91 Å². The summed E-state index contributed by atoms with van der Waals surface area (Å²) < 4.78 is 6.85. The number of ether oxygens (including phenoxy) is 1. The van der Waals surface area contributed by atoms with Gasteiger partial charge in [-0.05, 0) is 85.0 Å². The van der Waals surface area contributed by atoms with Crippen LogP contribution in [0.1, 0.15) is 85.7 Å². The molecule has 0 radical (unpaired) electrons. The zero-order chi connectivity index (χ0) is 24.5. The highest BCUT2D eigenvalue weighted by Crippen LogP contribution is 2.33. The third kappa shape index (κ3) is 7.92. The second-order valence-corrected chi connectivity index (χ2v) is 10.8. The maximum atomic E-state index is 12.1. The van der Waals surface area contributed by atoms with Crippen molar-refractivity contribution in [1.29, 1.82) is 0 Å². The zero-order valence-corrected chi connectivity index (χ0v) is 22.9. The molecule has 0 aliphatic heterocycles. The summed E-state index contributed by atoms with van der Waals surface area (Å²) >= 11 is 6.93. The number of benzene rings is 2. The Kier molecular flexibility index (Phi) is 10.6. The van der Waals surface area contributed by atoms with E-state index in [0.29, 0.717) is 12.8 Å². The summed E-state index contributed by atoms with van der Waals surface area (Å²) in [5, 5.41) is 3.14. The number of rotatable bonds is 8. The first kappa shape index (κ1) is 26.9. The number of esters is 1. The largest absolute Gasteiger partial charge is 0.469 e. The molecule has 2 aliphatic carbocycles. The van der Waals surface area contributed by atoms with Gasteiger partial charge in [0, 0.05) is 27.8 Å². The number of carbonyl (C=O) groups excluding carboxylic acids is 2. The Labute approximate surface area is 219 Å². The number of aryl methyl sites for hydroxylation is 2. The topological polar surface area (TPSA) is 81.4 Å². The molecule has 0 saturated carbocycles. The lowest BCUT2D eigenvalue weighted by Gasteiger charge is -2.14. The van der Waals surface area contributed by atoms with Crippen LogP contribution in [0.5, 0.6) is 0 Å². The molecule has 1 amide bonds. The van der Waals surface area contributed by atoms with Crippen LogP contribution in [-0.4, -0.2) is 19.0 Å². The first-order valence-corrected chi connectivity index (χ1v) is 13.6. The van der Waals surface area contributed by atoms with E-state index in [2.05, 4.69) is 72.2 Å². The van der Waals surface area contributed by atoms with Crippen LogP contribution in [0.15, 0.2) is 45.3 Å². The highest BCUT2D eigenvalue weighted by molar-refractivity contribution is 9.10. The van der Waals surface area contributed by atoms with Crippen LogP contribution in [0.3, 0.4) is 0 Å². The molecule has 0 aromatic heterocycles. The molecular weight excluding hydrogens is 560 g/mol. The normalized spacial score (nSPS) is 17.9. The molecule has 2 aromatic rings. The molecule has 0 heterocycles. The van der Waals surface area contributed by atoms with E-state index in [9.17, 15) is 9.59 Å². The van der Waals surface area contributed by atoms with Crippen molar-refractivity contribution in [3.8, 4) is 0 Å². The van der Waals surface area contributed by atoms with E-state index >= 15 is 0 Å². The predicted molar refractivity (Wildman–Crippen MR) is 142 cm³/mol. The van der Waals surface area contributed by atoms with Gasteiger partial charge in [0.1, 0.15) is 0 Å². The van der Waals surface area contributed by atoms with Gasteiger partial charge >= 0.3 is 5.97 Å². The maximum absolute atomic E-state index is 12.1. The Bertz CT molecular complexity index is 996. The Morgan fingerprint density at radius 1 is 0.912 bits per heavy atom. The van der Waals surface area contributed by atoms with Gasteiger partial charge in [-0.15, -0.1) is 0 Å². The number of hydrogen-bond acceptors (Lipinski definition) is 4. The van der Waals surface area contributed by atoms with E-state index in [1.807, 2.05) is 6.07 Å². The van der Waals surface area contributed by atoms with E-state index in [4.69, 9.17) is 5.73 Å². The number of unbranched alkanes of at least 4 members (excludes halogenated alkanes) is 3. The van der Waals surface area contributed by atoms with Crippen LogP contribution in [-0.2, 0) is 27.2 Å². The summed E-state index contributed by atoms with van der Waals surface area (Å²) in [5.41, 5.74) is 11.2. The quantitative estimate of drug-likeness (QED) is 0.272. The molecule has 2 aromatic carbocycles. The average Bonchev–Trinajstić information content (AvgIpc) is 3.38. The number of amides is 1. The number of nitrogens with two attached hydrogens (primary N) is 1. The highest BCUT2D eigenvalue weighted by atomic mass is 79.9. The lowest BCUT2D eigenvalue weighted by Crippen LogP contribution is -2.26. The number of nitrogens with one attached hydrogen (secondary N) is 1. The van der Waals surface area contributed by atoms with Gasteiger partial charge in [0.05, 0.1) is 13.2 Å². The van der Waals surface area contributed by atoms with Crippen molar-refractivity contribution in [3.63, 3.8) is 0 Å². The van der Waals surface area contributed by atoms with E-state index in [1.165, 1.54) is 29.4 Å². The third-order valence-corrected chi connectivity index (χ3v) is 7.50. The fourth-order valence-corrected chi connectivity index (χ4v) is 5.45. The van der Waals surface area contributed by atoms with Crippen LogP contribution in [0.25, 0.3) is 0 Å². The molecule has 5 nitrogen and oxygen atoms in total. The molecule has 0 fully saturated rings. The van der Waals surface area contributed by atoms with Gasteiger partial charge in [-0.25, -0.2) is 0 Å². The first-order valence-electron chi connectivity index (χ1n) is 12.1. The molecule has 0 spiro atoms. The minimum atomic E-state index is -0.158. The number of methoxy groups -OCH3 is 1. The Hall–Kier alpha value is -1.70. The predicted octanol–water partition coefficient (Wildman–Crippen LogP) is 6.46. The molecule has 34 heavy (non-hydrogen) atoms. The number of hydrogen-bond donors (Lipinski definition) is 2. The Morgan fingerprint density at radius 2 is 1.50 bits per heavy atom. The molecule has 4 rings (SSSR count). The van der Waals surface area contributed by atoms with Crippen molar-refractivity contribution in [3.05, 3.63) is 67.6 Å². The van der Waals surface area contributed by atoms with Crippen LogP contribution in [0.2, 0.25) is 0 Å². The van der Waals surface area contributed by atoms with Crippen molar-refractivity contribution >= 4 is 43.7 Å². The van der Waals surface area contributed by atoms with Crippen LogP contribution in [0.4, 0.5) is 0 Å². The SMILES string of the molecule is COC(=O)CCCCCCC(=O)NC1CCc2cc(Br)ccc21.NC1CCc2cc(Br)ccc21. The zero-order valence-electron chi connectivity index (χ0n) is 19.7. The smallest absolute Gasteiger partial charge is 0.305 e. The minimum absolute atomic E-state index is 0.124. The average molecular weight is 594 g/mol. The fourth-order valence-electron chi connectivity index (χ4n) is 4.63. The molecular formula is C27H34Br2N2O3. The standard InChI is InChI=1S/C18H24BrNO3.C9H10BrN/c1-23-18(22)7-5-3-2-4-6-17(21)20-16-11-8-13-12-14(19)9-10-15(13)16;10-7-2-3-8-6(5-7)1-4-9(8)11/h9-10,12,16H,2-8,11H2,1H3,(H,20,21);2-3,5,9H,1,4,11H2. The third-order valence-electron chi connectivity index (χ3n) is 6.51. The molecule has 0 saturated heterocycles. The summed E-state index contributed by atoms with van der Waals surface area (Å²) in [6.45, 7) is 0. The summed E-state index contributed by atoms with van der Waals surface area (Å²) in [6, 6.07) is 13.1. The fraction of sp³-hybridized carbons (Fsp3) is 0.481. The molecule has 184 valence electrons. The molecule has 2 aliphatic rings. The second-order valence-electron chi connectivity index (χ2n) is 8.98. The summed E-state index contributed by atoms with van der Waals surface area (Å²) in [5.74, 6) is -0.0342. The van der Waals surface area contributed by atoms with Gasteiger partial charge in [-0.1, -0.05) is 56.8 Å². The number of halogens is 2. The van der Waals surface area contributed by atoms with Crippen molar-refractivity contribution < 1.29 is 14.3 Å². The van der Waals surface area contributed by atoms with E-state index in [-0.39, 0.29) is 24.0 Å². The molecule has 2 atom stereocenters. The van der Waals surface area contributed by atoms with E-state index in [1.54, 1.807) is 0 Å². The van der Waals surface area contributed by atoms with Gasteiger partial charge in [-0.2, -0.15) is 0 Å². The lowest BCUT2D eigenvalue weighted by atomic mass is 10.1. The molecule has 2 unspecified atom stereocenters. The number of carbonyl (C=O) groups is 2. The van der Waals surface area contributed by atoms with Crippen molar-refractivity contribution in [1.82, 2.24) is 5.32 Å². The van der Waals surface area contributed by atoms with Crippen molar-refractivity contribution in [2.45, 2.75) is 76.3 Å². The van der Waals surface area contributed by atoms with Crippen molar-refractivity contribution in [2.24, 2.45) is 5.73 Å². The molecule has 7 heteroatoms. The monoisotopic (exact) mass is 592 g/mol. The lowest BCUT2D eigenvalue weighted by molar-refractivity contribution is -0.140. The van der Waals surface area contributed by atoms with Gasteiger partial charge < -0.3 is 15.8 Å². The molecule has 3 N–H and O–H groups in total.